The maximum atomic E-state index is 6.42. The van der Waals surface area contributed by atoms with Gasteiger partial charge in [0.15, 0.2) is 0 Å². The summed E-state index contributed by atoms with van der Waals surface area (Å²) in [4.78, 5) is 0. The number of hydrogen-bond donors (Lipinski definition) is 0. The zero-order chi connectivity index (χ0) is 48.7. The first kappa shape index (κ1) is 50.8. The van der Waals surface area contributed by atoms with Crippen molar-refractivity contribution in [3.63, 3.8) is 0 Å². The minimum absolute atomic E-state index is 0.205. The molecule has 66 heavy (non-hydrogen) atoms. The fourth-order valence-electron chi connectivity index (χ4n) is 9.63. The number of halogens is 12. The van der Waals surface area contributed by atoms with E-state index in [0.29, 0.717) is 0 Å². The Morgan fingerprint density at radius 2 is 0.439 bits per heavy atom. The van der Waals surface area contributed by atoms with E-state index < -0.39 is 14.6 Å². The molecule has 0 bridgehead atoms. The zero-order valence-electron chi connectivity index (χ0n) is 36.3. The fourth-order valence-corrected chi connectivity index (χ4v) is 21.8. The van der Waals surface area contributed by atoms with Crippen LogP contribution in [0.2, 0.25) is 60.3 Å². The molecule has 6 aromatic rings. The normalized spacial score (nSPS) is 16.5. The fraction of sp³-hybridized carbons (Fsp3) is 0.217. The van der Waals surface area contributed by atoms with Gasteiger partial charge in [0.2, 0.25) is 0 Å². The Morgan fingerprint density at radius 3 is 0.591 bits per heavy atom. The molecule has 0 atom stereocenters. The quantitative estimate of drug-likeness (QED) is 0.1000. The Kier molecular flexibility index (Phi) is 12.9. The summed E-state index contributed by atoms with van der Waals surface area (Å²) in [7, 11) is -8.62. The zero-order valence-corrected chi connectivity index (χ0v) is 47.2. The first-order valence-corrected chi connectivity index (χ1v) is 28.6. The van der Waals surface area contributed by atoms with E-state index >= 15 is 0 Å². The number of benzene rings is 6. The number of hydrogen-bond acceptors (Lipinski definition) is 6. The molecule has 0 aliphatic carbocycles. The Bertz CT molecular complexity index is 2680. The number of aryl methyl sites for hydroxylation is 9. The summed E-state index contributed by atoms with van der Waals surface area (Å²) in [5, 5.41) is 1.77. The van der Waals surface area contributed by atoms with E-state index in [9.17, 15) is 0 Å². The molecule has 0 N–H and O–H groups in total. The van der Waals surface area contributed by atoms with Gasteiger partial charge in [0.25, 0.3) is 0 Å². The van der Waals surface area contributed by atoms with E-state index in [0.717, 1.165) is 0 Å². The molecule has 0 amide bonds. The average molecular weight is 1170 g/mol. The van der Waals surface area contributed by atoms with E-state index in [2.05, 4.69) is 105 Å². The van der Waals surface area contributed by atoms with Crippen LogP contribution in [0.1, 0.15) is 50.1 Å². The van der Waals surface area contributed by atoms with Gasteiger partial charge in [0, 0.05) is 0 Å². The van der Waals surface area contributed by atoms with Crippen molar-refractivity contribution in [1.82, 2.24) is 0 Å². The molecule has 6 aromatic carbocycles. The van der Waals surface area contributed by atoms with E-state index in [-0.39, 0.29) is 94.8 Å². The molecule has 1 spiro atoms. The third-order valence-corrected chi connectivity index (χ3v) is 24.9. The molecular formula is C46H36Cl12O6P2. The van der Waals surface area contributed by atoms with Gasteiger partial charge in [-0.3, -0.25) is 0 Å². The van der Waals surface area contributed by atoms with E-state index in [4.69, 9.17) is 166 Å². The van der Waals surface area contributed by atoms with Crippen molar-refractivity contribution in [2.45, 2.75) is 62.3 Å². The van der Waals surface area contributed by atoms with Crippen molar-refractivity contribution >= 4 is 170 Å². The van der Waals surface area contributed by atoms with Crippen LogP contribution < -0.4 is 43.1 Å². The van der Waals surface area contributed by atoms with Crippen LogP contribution in [-0.4, -0.2) is 6.66 Å². The van der Waals surface area contributed by atoms with Crippen molar-refractivity contribution in [3.05, 3.63) is 147 Å². The second-order valence-corrected chi connectivity index (χ2v) is 27.9. The van der Waals surface area contributed by atoms with E-state index in [1.165, 1.54) is 50.1 Å². The van der Waals surface area contributed by atoms with Crippen LogP contribution in [0, 0.1) is 62.3 Å². The van der Waals surface area contributed by atoms with Crippen molar-refractivity contribution in [3.8, 4) is 34.5 Å². The van der Waals surface area contributed by atoms with Gasteiger partial charge >= 0.3 is 268 Å². The van der Waals surface area contributed by atoms with Crippen LogP contribution in [0.4, 0.5) is 0 Å². The maximum absolute atomic E-state index is 6.81. The van der Waals surface area contributed by atoms with Crippen LogP contribution in [0.5, 0.6) is 34.5 Å². The van der Waals surface area contributed by atoms with Crippen LogP contribution in [0.15, 0.2) is 36.4 Å². The third-order valence-electron chi connectivity index (χ3n) is 11.5. The summed E-state index contributed by atoms with van der Waals surface area (Å²) >= 11 is 75.9. The average Bonchev–Trinajstić information content (AvgIpc) is 3.83. The first-order chi connectivity index (χ1) is 30.6. The van der Waals surface area contributed by atoms with Crippen LogP contribution in [0.25, 0.3) is 0 Å². The van der Waals surface area contributed by atoms with Crippen molar-refractivity contribution in [2.24, 2.45) is 0 Å². The molecule has 0 aromatic heterocycles. The van der Waals surface area contributed by atoms with E-state index in [1.807, 2.05) is 0 Å². The second-order valence-electron chi connectivity index (χ2n) is 16.7. The van der Waals surface area contributed by atoms with Gasteiger partial charge in [-0.05, 0) is 95.7 Å². The molecule has 20 heteroatoms. The summed E-state index contributed by atoms with van der Waals surface area (Å²) in [5.74, 6) is -2.13. The topological polar surface area (TPSA) is 55.4 Å². The SMILES string of the molecule is Cc1cc(C)c([P+](C)(c2c(C)cc(C)cc2C)c2c(C)cc(C)cc2C)c(C)c1.Clc1c(Cl)c(Cl)c2c(c1Cl)O[P-]13(O2)(Oc2c(Cl)c(Cl)c(Cl)c(Cl)c2O1)Oc1c(Cl)c(Cl)c(Cl)c(Cl)c1O3. The van der Waals surface area contributed by atoms with Crippen molar-refractivity contribution in [1.29, 1.82) is 0 Å². The molecule has 3 aliphatic heterocycles. The number of rotatable bonds is 3. The molecule has 0 radical (unpaired) electrons. The number of fused-ring (bicyclic) bond motifs is 3. The van der Waals surface area contributed by atoms with Crippen LogP contribution >= 0.6 is 154 Å². The molecule has 0 saturated heterocycles. The Morgan fingerprint density at radius 1 is 0.288 bits per heavy atom. The summed E-state index contributed by atoms with van der Waals surface area (Å²) in [6.07, 6.45) is 0. The van der Waals surface area contributed by atoms with Crippen molar-refractivity contribution < 1.29 is 27.1 Å². The van der Waals surface area contributed by atoms with E-state index in [1.54, 1.807) is 15.9 Å². The molecule has 3 aliphatic rings. The van der Waals surface area contributed by atoms with Crippen LogP contribution in [0.3, 0.4) is 0 Å². The predicted molar refractivity (Wildman–Crippen MR) is 284 cm³/mol. The monoisotopic (exact) mass is 1170 g/mol. The molecule has 3 heterocycles. The van der Waals surface area contributed by atoms with Crippen molar-refractivity contribution in [2.75, 3.05) is 6.66 Å². The summed E-state index contributed by atoms with van der Waals surface area (Å²) < 4.78 is 36.9. The molecule has 9 rings (SSSR count). The molecule has 6 nitrogen and oxygen atoms in total. The van der Waals surface area contributed by atoms with Gasteiger partial charge in [-0.1, -0.05) is 53.1 Å². The summed E-state index contributed by atoms with van der Waals surface area (Å²) in [6.45, 7) is 23.1. The first-order valence-electron chi connectivity index (χ1n) is 19.7. The van der Waals surface area contributed by atoms with Gasteiger partial charge < -0.3 is 0 Å². The molecule has 350 valence electrons. The molecule has 0 fully saturated rings. The Balaban J connectivity index is 0.000000185. The molecular weight excluding hydrogens is 1140 g/mol. The summed E-state index contributed by atoms with van der Waals surface area (Å²) in [6, 6.07) is 14.2. The van der Waals surface area contributed by atoms with Gasteiger partial charge in [0.05, 0.1) is 6.66 Å². The summed E-state index contributed by atoms with van der Waals surface area (Å²) in [5.41, 5.74) is 12.6. The Labute approximate surface area is 443 Å². The van der Waals surface area contributed by atoms with Gasteiger partial charge in [0.1, 0.15) is 23.2 Å². The standard InChI is InChI=1S/C28H36P.C18Cl12O6P/c1-17-11-20(4)26(21(5)12-17)29(10,27-22(6)13-18(2)14-23(27)7)28-24(8)15-19(3)16-25(28)9;19-1-2(20)8(26)14-13(7(1)25)31-37(32-14,33-15-9(27)3(21)4(22)10(28)16(15)34-37)35-17-11(29)5(23)6(24)12(30)18(17)36-37/h11-16H,1-10H3;/q+1;-1. The predicted octanol–water partition coefficient (Wildman–Crippen LogP) is 19.2. The third kappa shape index (κ3) is 7.41. The second kappa shape index (κ2) is 16.8. The van der Waals surface area contributed by atoms with Crippen LogP contribution in [-0.2, 0) is 0 Å². The minimum atomic E-state index is -6.81. The Hall–Kier alpha value is -1.54. The van der Waals surface area contributed by atoms with Gasteiger partial charge in [-0.2, -0.15) is 0 Å². The van der Waals surface area contributed by atoms with Gasteiger partial charge in [-0.15, -0.1) is 0 Å². The van der Waals surface area contributed by atoms with Gasteiger partial charge in [-0.25, -0.2) is 0 Å². The molecule has 0 unspecified atom stereocenters. The molecule has 0 saturated carbocycles.